The number of hydrogen-bond donors (Lipinski definition) is 1. The summed E-state index contributed by atoms with van der Waals surface area (Å²) in [6.45, 7) is 3.82. The molecule has 0 aliphatic carbocycles. The van der Waals surface area contributed by atoms with Crippen molar-refractivity contribution in [1.82, 2.24) is 9.88 Å². The van der Waals surface area contributed by atoms with E-state index in [1.165, 1.54) is 0 Å². The number of hydrogen-bond acceptors (Lipinski definition) is 4. The van der Waals surface area contributed by atoms with Gasteiger partial charge in [-0.15, -0.1) is 11.8 Å². The van der Waals surface area contributed by atoms with Crippen molar-refractivity contribution in [2.75, 3.05) is 16.9 Å². The van der Waals surface area contributed by atoms with E-state index >= 15 is 0 Å². The molecule has 1 unspecified atom stereocenters. The van der Waals surface area contributed by atoms with Crippen molar-refractivity contribution in [3.63, 3.8) is 0 Å². The topological polar surface area (TPSA) is 62.3 Å². The molecule has 5 nitrogen and oxygen atoms in total. The molecule has 1 aromatic heterocycles. The fourth-order valence-corrected chi connectivity index (χ4v) is 3.77. The van der Waals surface area contributed by atoms with E-state index in [4.69, 9.17) is 0 Å². The number of amides is 2. The van der Waals surface area contributed by atoms with Crippen LogP contribution in [0.1, 0.15) is 21.7 Å². The molecule has 124 valence electrons. The highest BCUT2D eigenvalue weighted by molar-refractivity contribution is 7.99. The van der Waals surface area contributed by atoms with E-state index in [1.54, 1.807) is 28.8 Å². The van der Waals surface area contributed by atoms with Gasteiger partial charge in [-0.1, -0.05) is 18.2 Å². The zero-order valence-corrected chi connectivity index (χ0v) is 14.5. The normalized spacial score (nSPS) is 16.9. The van der Waals surface area contributed by atoms with Crippen molar-refractivity contribution in [3.05, 3.63) is 59.4 Å². The summed E-state index contributed by atoms with van der Waals surface area (Å²) in [7, 11) is 0. The van der Waals surface area contributed by atoms with E-state index < -0.39 is 6.04 Å². The molecule has 1 fully saturated rings. The molecule has 1 aliphatic rings. The van der Waals surface area contributed by atoms with Crippen LogP contribution >= 0.6 is 11.8 Å². The third-order valence-electron chi connectivity index (χ3n) is 3.84. The van der Waals surface area contributed by atoms with Crippen LogP contribution < -0.4 is 5.32 Å². The molecule has 1 aliphatic heterocycles. The quantitative estimate of drug-likeness (QED) is 0.932. The van der Waals surface area contributed by atoms with Crippen LogP contribution in [0.25, 0.3) is 0 Å². The van der Waals surface area contributed by atoms with Crippen molar-refractivity contribution < 1.29 is 9.59 Å². The maximum Gasteiger partial charge on any atom is 0.273 e. The number of rotatable bonds is 3. The summed E-state index contributed by atoms with van der Waals surface area (Å²) in [5, 5.41) is 2.91. The van der Waals surface area contributed by atoms with Crippen molar-refractivity contribution in [2.24, 2.45) is 0 Å². The van der Waals surface area contributed by atoms with Crippen molar-refractivity contribution in [3.8, 4) is 0 Å². The van der Waals surface area contributed by atoms with E-state index in [2.05, 4.69) is 10.3 Å². The van der Waals surface area contributed by atoms with Gasteiger partial charge in [0, 0.05) is 17.1 Å². The average Bonchev–Trinajstić information content (AvgIpc) is 3.04. The first-order valence-electron chi connectivity index (χ1n) is 7.74. The highest BCUT2D eigenvalue weighted by atomic mass is 32.2. The van der Waals surface area contributed by atoms with Gasteiger partial charge in [-0.25, -0.2) is 4.98 Å². The molecule has 0 radical (unpaired) electrons. The zero-order chi connectivity index (χ0) is 17.1. The standard InChI is InChI=1S/C18H19N3O2S/c1-12-5-3-7-14(9-12)20-17(22)16-10-24-11-21(16)18(23)15-8-4-6-13(2)19-15/h3-9,16H,10-11H2,1-2H3,(H,20,22). The molecule has 24 heavy (non-hydrogen) atoms. The van der Waals surface area contributed by atoms with E-state index in [-0.39, 0.29) is 11.8 Å². The molecule has 6 heteroatoms. The lowest BCUT2D eigenvalue weighted by Crippen LogP contribution is -2.44. The Balaban J connectivity index is 1.75. The van der Waals surface area contributed by atoms with Gasteiger partial charge in [0.15, 0.2) is 0 Å². The van der Waals surface area contributed by atoms with Crippen LogP contribution in [-0.4, -0.2) is 39.4 Å². The molecular weight excluding hydrogens is 322 g/mol. The Kier molecular flexibility index (Phi) is 4.85. The van der Waals surface area contributed by atoms with Crippen LogP contribution in [0.5, 0.6) is 0 Å². The zero-order valence-electron chi connectivity index (χ0n) is 13.7. The van der Waals surface area contributed by atoms with Crippen LogP contribution in [-0.2, 0) is 4.79 Å². The minimum Gasteiger partial charge on any atom is -0.324 e. The third-order valence-corrected chi connectivity index (χ3v) is 4.85. The number of nitrogens with zero attached hydrogens (tertiary/aromatic N) is 2. The Morgan fingerprint density at radius 3 is 2.75 bits per heavy atom. The average molecular weight is 341 g/mol. The fourth-order valence-electron chi connectivity index (χ4n) is 2.62. The number of aromatic nitrogens is 1. The minimum atomic E-state index is -0.481. The van der Waals surface area contributed by atoms with Gasteiger partial charge in [0.2, 0.25) is 5.91 Å². The predicted octanol–water partition coefficient (Wildman–Crippen LogP) is 2.85. The number of benzene rings is 1. The summed E-state index contributed by atoms with van der Waals surface area (Å²) in [5.74, 6) is 0.731. The number of aryl methyl sites for hydroxylation is 2. The minimum absolute atomic E-state index is 0.161. The lowest BCUT2D eigenvalue weighted by atomic mass is 10.2. The second-order valence-electron chi connectivity index (χ2n) is 5.81. The van der Waals surface area contributed by atoms with Gasteiger partial charge in [-0.2, -0.15) is 0 Å². The van der Waals surface area contributed by atoms with Gasteiger partial charge >= 0.3 is 0 Å². The highest BCUT2D eigenvalue weighted by Gasteiger charge is 2.35. The molecular formula is C18H19N3O2S. The van der Waals surface area contributed by atoms with Gasteiger partial charge in [0.1, 0.15) is 11.7 Å². The van der Waals surface area contributed by atoms with Gasteiger partial charge in [-0.05, 0) is 43.7 Å². The number of nitrogens with one attached hydrogen (secondary N) is 1. The van der Waals surface area contributed by atoms with E-state index in [0.29, 0.717) is 17.3 Å². The Morgan fingerprint density at radius 2 is 2.00 bits per heavy atom. The first kappa shape index (κ1) is 16.5. The second kappa shape index (κ2) is 7.05. The Labute approximate surface area is 145 Å². The van der Waals surface area contributed by atoms with Gasteiger partial charge in [0.25, 0.3) is 5.91 Å². The van der Waals surface area contributed by atoms with Crippen LogP contribution in [0.15, 0.2) is 42.5 Å². The highest BCUT2D eigenvalue weighted by Crippen LogP contribution is 2.24. The number of anilines is 1. The van der Waals surface area contributed by atoms with Gasteiger partial charge < -0.3 is 10.2 Å². The number of carbonyl (C=O) groups is 2. The first-order chi connectivity index (χ1) is 11.5. The summed E-state index contributed by atoms with van der Waals surface area (Å²) < 4.78 is 0. The second-order valence-corrected chi connectivity index (χ2v) is 6.81. The smallest absolute Gasteiger partial charge is 0.273 e. The summed E-state index contributed by atoms with van der Waals surface area (Å²) in [6, 6.07) is 12.5. The van der Waals surface area contributed by atoms with E-state index in [1.807, 2.05) is 44.2 Å². The summed E-state index contributed by atoms with van der Waals surface area (Å²) in [6.07, 6.45) is 0. The van der Waals surface area contributed by atoms with E-state index in [9.17, 15) is 9.59 Å². The third kappa shape index (κ3) is 3.59. The van der Waals surface area contributed by atoms with Crippen LogP contribution in [0.4, 0.5) is 5.69 Å². The summed E-state index contributed by atoms with van der Waals surface area (Å²) in [4.78, 5) is 31.2. The lowest BCUT2D eigenvalue weighted by molar-refractivity contribution is -0.119. The molecule has 2 aromatic rings. The monoisotopic (exact) mass is 341 g/mol. The van der Waals surface area contributed by atoms with Crippen molar-refractivity contribution in [1.29, 1.82) is 0 Å². The van der Waals surface area contributed by atoms with Crippen molar-refractivity contribution >= 4 is 29.3 Å². The Bertz CT molecular complexity index is 778. The Morgan fingerprint density at radius 1 is 1.21 bits per heavy atom. The van der Waals surface area contributed by atoms with Crippen LogP contribution in [0, 0.1) is 13.8 Å². The number of carbonyl (C=O) groups excluding carboxylic acids is 2. The fraction of sp³-hybridized carbons (Fsp3) is 0.278. The molecule has 1 N–H and O–H groups in total. The maximum atomic E-state index is 12.7. The molecule has 1 saturated heterocycles. The first-order valence-corrected chi connectivity index (χ1v) is 8.90. The molecule has 0 bridgehead atoms. The summed E-state index contributed by atoms with van der Waals surface area (Å²) >= 11 is 1.58. The van der Waals surface area contributed by atoms with Gasteiger partial charge in [0.05, 0.1) is 5.88 Å². The largest absolute Gasteiger partial charge is 0.324 e. The molecule has 2 heterocycles. The Hall–Kier alpha value is -2.34. The molecule has 3 rings (SSSR count). The SMILES string of the molecule is Cc1cccc(NC(=O)C2CSCN2C(=O)c2cccc(C)n2)c1. The van der Waals surface area contributed by atoms with Crippen molar-refractivity contribution in [2.45, 2.75) is 19.9 Å². The number of pyridine rings is 1. The lowest BCUT2D eigenvalue weighted by Gasteiger charge is -2.23. The molecule has 0 saturated carbocycles. The van der Waals surface area contributed by atoms with Crippen LogP contribution in [0.3, 0.4) is 0 Å². The number of thioether (sulfide) groups is 1. The van der Waals surface area contributed by atoms with Gasteiger partial charge in [-0.3, -0.25) is 9.59 Å². The predicted molar refractivity (Wildman–Crippen MR) is 96.1 cm³/mol. The van der Waals surface area contributed by atoms with E-state index in [0.717, 1.165) is 16.9 Å². The molecule has 1 aromatic carbocycles. The molecule has 2 amide bonds. The molecule has 0 spiro atoms. The molecule has 1 atom stereocenters. The van der Waals surface area contributed by atoms with Crippen LogP contribution in [0.2, 0.25) is 0 Å². The summed E-state index contributed by atoms with van der Waals surface area (Å²) in [5.41, 5.74) is 2.99. The maximum absolute atomic E-state index is 12.7.